The van der Waals surface area contributed by atoms with E-state index in [1.807, 2.05) is 54.6 Å². The average Bonchev–Trinajstić information content (AvgIpc) is 2.89. The number of likely N-dealkylation sites (tertiary alicyclic amines) is 1. The molecule has 34 heavy (non-hydrogen) atoms. The Morgan fingerprint density at radius 3 is 2.53 bits per heavy atom. The normalized spacial score (nSPS) is 19.8. The second-order valence-corrected chi connectivity index (χ2v) is 9.64. The number of carbonyl (C=O) groups excluding carboxylic acids is 1. The van der Waals surface area contributed by atoms with Gasteiger partial charge >= 0.3 is 0 Å². The van der Waals surface area contributed by atoms with Crippen molar-refractivity contribution in [3.8, 4) is 16.9 Å². The molecular weight excluding hydrogens is 420 g/mol. The summed E-state index contributed by atoms with van der Waals surface area (Å²) in [7, 11) is 0. The molecule has 0 aromatic heterocycles. The number of hydrogen-bond acceptors (Lipinski definition) is 3. The van der Waals surface area contributed by atoms with Gasteiger partial charge in [-0.05, 0) is 98.0 Å². The Balaban J connectivity index is 1.08. The summed E-state index contributed by atoms with van der Waals surface area (Å²) in [6.07, 6.45) is 6.61. The third-order valence-electron chi connectivity index (χ3n) is 7.58. The lowest BCUT2D eigenvalue weighted by Crippen LogP contribution is -2.46. The van der Waals surface area contributed by atoms with Gasteiger partial charge in [0, 0.05) is 18.2 Å². The van der Waals surface area contributed by atoms with Crippen molar-refractivity contribution in [1.29, 1.82) is 0 Å². The van der Waals surface area contributed by atoms with Crippen LogP contribution < -0.4 is 5.32 Å². The summed E-state index contributed by atoms with van der Waals surface area (Å²) in [4.78, 5) is 15.2. The SMILES string of the molecule is O=C(NCCCCN1CCC[C@H]2c3cccc(O)c3CC[C@@H]21)c1ccc(-c2ccccc2)cc1. The second kappa shape index (κ2) is 10.4. The summed E-state index contributed by atoms with van der Waals surface area (Å²) in [6.45, 7) is 2.95. The third kappa shape index (κ3) is 4.88. The number of fused-ring (bicyclic) bond motifs is 3. The Labute approximate surface area is 202 Å². The molecule has 1 heterocycles. The molecule has 4 heteroatoms. The fourth-order valence-electron chi connectivity index (χ4n) is 5.84. The van der Waals surface area contributed by atoms with Crippen LogP contribution in [0.2, 0.25) is 0 Å². The molecule has 176 valence electrons. The summed E-state index contributed by atoms with van der Waals surface area (Å²) in [5.41, 5.74) is 5.53. The van der Waals surface area contributed by atoms with E-state index < -0.39 is 0 Å². The van der Waals surface area contributed by atoms with E-state index in [0.717, 1.165) is 49.9 Å². The summed E-state index contributed by atoms with van der Waals surface area (Å²) in [5.74, 6) is 1.02. The van der Waals surface area contributed by atoms with Crippen LogP contribution in [0.4, 0.5) is 0 Å². The lowest BCUT2D eigenvalue weighted by atomic mass is 9.74. The van der Waals surface area contributed by atoms with Gasteiger partial charge in [-0.3, -0.25) is 9.69 Å². The minimum Gasteiger partial charge on any atom is -0.508 e. The first-order valence-electron chi connectivity index (χ1n) is 12.7. The van der Waals surface area contributed by atoms with Crippen LogP contribution >= 0.6 is 0 Å². The number of phenolic OH excluding ortho intramolecular Hbond substituents is 1. The van der Waals surface area contributed by atoms with Gasteiger partial charge in [0.1, 0.15) is 5.75 Å². The maximum Gasteiger partial charge on any atom is 0.251 e. The van der Waals surface area contributed by atoms with Crippen LogP contribution in [-0.4, -0.2) is 41.6 Å². The van der Waals surface area contributed by atoms with Crippen LogP contribution in [0.3, 0.4) is 0 Å². The molecule has 0 unspecified atom stereocenters. The third-order valence-corrected chi connectivity index (χ3v) is 7.58. The van der Waals surface area contributed by atoms with Gasteiger partial charge in [0.05, 0.1) is 0 Å². The Morgan fingerprint density at radius 2 is 1.71 bits per heavy atom. The fraction of sp³-hybridized carbons (Fsp3) is 0.367. The molecule has 2 N–H and O–H groups in total. The van der Waals surface area contributed by atoms with E-state index in [1.54, 1.807) is 0 Å². The van der Waals surface area contributed by atoms with Crippen molar-refractivity contribution < 1.29 is 9.90 Å². The Hall–Kier alpha value is -3.11. The highest BCUT2D eigenvalue weighted by molar-refractivity contribution is 5.94. The van der Waals surface area contributed by atoms with Gasteiger partial charge in [-0.1, -0.05) is 54.6 Å². The van der Waals surface area contributed by atoms with Crippen molar-refractivity contribution in [2.45, 2.75) is 50.5 Å². The number of unbranched alkanes of at least 4 members (excludes halogenated alkanes) is 1. The molecule has 4 nitrogen and oxygen atoms in total. The second-order valence-electron chi connectivity index (χ2n) is 9.64. The molecule has 2 atom stereocenters. The van der Waals surface area contributed by atoms with Crippen molar-refractivity contribution in [3.63, 3.8) is 0 Å². The molecule has 0 spiro atoms. The highest BCUT2D eigenvalue weighted by Gasteiger charge is 2.36. The minimum absolute atomic E-state index is 0.00124. The van der Waals surface area contributed by atoms with Crippen molar-refractivity contribution in [1.82, 2.24) is 10.2 Å². The van der Waals surface area contributed by atoms with Gasteiger partial charge in [-0.25, -0.2) is 0 Å². The first-order valence-corrected chi connectivity index (χ1v) is 12.7. The Kier molecular flexibility index (Phi) is 6.96. The predicted molar refractivity (Wildman–Crippen MR) is 137 cm³/mol. The Morgan fingerprint density at radius 1 is 0.912 bits per heavy atom. The van der Waals surface area contributed by atoms with Gasteiger partial charge < -0.3 is 10.4 Å². The first-order chi connectivity index (χ1) is 16.7. The lowest BCUT2D eigenvalue weighted by molar-refractivity contribution is 0.0947. The number of nitrogens with one attached hydrogen (secondary N) is 1. The zero-order valence-electron chi connectivity index (χ0n) is 19.7. The molecule has 5 rings (SSSR count). The number of piperidine rings is 1. The first kappa shape index (κ1) is 22.7. The van der Waals surface area contributed by atoms with Gasteiger partial charge in [-0.15, -0.1) is 0 Å². The standard InChI is InChI=1S/C30H34N2O2/c33-29-12-6-10-25-26-11-7-21-32(28(26)18-17-27(25)29)20-5-4-19-31-30(34)24-15-13-23(14-16-24)22-8-2-1-3-9-22/h1-3,6,8-10,12-16,26,28,33H,4-5,7,11,17-21H2,(H,31,34)/t26-,28-/m0/s1. The minimum atomic E-state index is 0.00124. The summed E-state index contributed by atoms with van der Waals surface area (Å²) >= 11 is 0. The van der Waals surface area contributed by atoms with Crippen LogP contribution in [-0.2, 0) is 6.42 Å². The average molecular weight is 455 g/mol. The van der Waals surface area contributed by atoms with E-state index in [9.17, 15) is 9.90 Å². The molecule has 1 aliphatic heterocycles. The molecule has 3 aromatic rings. The van der Waals surface area contributed by atoms with E-state index in [1.165, 1.54) is 24.0 Å². The van der Waals surface area contributed by atoms with Gasteiger partial charge in [0.25, 0.3) is 5.91 Å². The van der Waals surface area contributed by atoms with Crippen molar-refractivity contribution in [3.05, 3.63) is 89.5 Å². The van der Waals surface area contributed by atoms with Crippen molar-refractivity contribution >= 4 is 5.91 Å². The van der Waals surface area contributed by atoms with E-state index >= 15 is 0 Å². The molecule has 2 aliphatic rings. The number of rotatable bonds is 7. The fourth-order valence-corrected chi connectivity index (χ4v) is 5.84. The van der Waals surface area contributed by atoms with Gasteiger partial charge in [-0.2, -0.15) is 0 Å². The number of carbonyl (C=O) groups is 1. The topological polar surface area (TPSA) is 52.6 Å². The zero-order chi connectivity index (χ0) is 23.3. The largest absolute Gasteiger partial charge is 0.508 e. The van der Waals surface area contributed by atoms with Crippen LogP contribution in [0.5, 0.6) is 5.75 Å². The quantitative estimate of drug-likeness (QED) is 0.446. The predicted octanol–water partition coefficient (Wildman–Crippen LogP) is 5.76. The zero-order valence-corrected chi connectivity index (χ0v) is 19.7. The highest BCUT2D eigenvalue weighted by Crippen LogP contribution is 2.43. The monoisotopic (exact) mass is 454 g/mol. The number of amides is 1. The van der Waals surface area contributed by atoms with Gasteiger partial charge in [0.15, 0.2) is 0 Å². The molecule has 1 saturated heterocycles. The van der Waals surface area contributed by atoms with Crippen LogP contribution in [0, 0.1) is 0 Å². The molecule has 1 aliphatic carbocycles. The number of nitrogens with zero attached hydrogens (tertiary/aromatic N) is 1. The highest BCUT2D eigenvalue weighted by atomic mass is 16.3. The maximum atomic E-state index is 12.5. The van der Waals surface area contributed by atoms with E-state index in [0.29, 0.717) is 29.8 Å². The summed E-state index contributed by atoms with van der Waals surface area (Å²) in [6, 6.07) is 24.7. The molecule has 0 bridgehead atoms. The molecular formula is C30H34N2O2. The number of hydrogen-bond donors (Lipinski definition) is 2. The Bertz CT molecular complexity index is 1110. The van der Waals surface area contributed by atoms with Crippen molar-refractivity contribution in [2.24, 2.45) is 0 Å². The summed E-state index contributed by atoms with van der Waals surface area (Å²) < 4.78 is 0. The molecule has 0 radical (unpaired) electrons. The van der Waals surface area contributed by atoms with E-state index in [2.05, 4.69) is 28.4 Å². The molecule has 1 fully saturated rings. The summed E-state index contributed by atoms with van der Waals surface area (Å²) in [5, 5.41) is 13.3. The molecule has 0 saturated carbocycles. The van der Waals surface area contributed by atoms with Gasteiger partial charge in [0.2, 0.25) is 0 Å². The number of aromatic hydroxyl groups is 1. The maximum absolute atomic E-state index is 12.5. The van der Waals surface area contributed by atoms with E-state index in [4.69, 9.17) is 0 Å². The van der Waals surface area contributed by atoms with Crippen LogP contribution in [0.15, 0.2) is 72.8 Å². The smallest absolute Gasteiger partial charge is 0.251 e. The van der Waals surface area contributed by atoms with Crippen LogP contribution in [0.25, 0.3) is 11.1 Å². The number of phenols is 1. The molecule has 1 amide bonds. The number of benzene rings is 3. The van der Waals surface area contributed by atoms with E-state index in [-0.39, 0.29) is 5.91 Å². The lowest BCUT2D eigenvalue weighted by Gasteiger charge is -2.45. The molecule has 3 aromatic carbocycles. The van der Waals surface area contributed by atoms with Crippen LogP contribution in [0.1, 0.15) is 59.5 Å². The van der Waals surface area contributed by atoms with Crippen molar-refractivity contribution in [2.75, 3.05) is 19.6 Å².